The smallest absolute Gasteiger partial charge is 0.341 e. The number of hydrogen-bond donors (Lipinski definition) is 1. The summed E-state index contributed by atoms with van der Waals surface area (Å²) in [6, 6.07) is 2.31. The number of amides is 2. The van der Waals surface area contributed by atoms with E-state index >= 15 is 0 Å². The number of hydrogen-bond acceptors (Lipinski definition) is 4. The number of halogens is 4. The van der Waals surface area contributed by atoms with Gasteiger partial charge >= 0.3 is 6.18 Å². The maximum absolute atomic E-state index is 12.8. The highest BCUT2D eigenvalue weighted by Crippen LogP contribution is 2.35. The van der Waals surface area contributed by atoms with E-state index in [9.17, 15) is 31.2 Å². The van der Waals surface area contributed by atoms with Gasteiger partial charge in [-0.05, 0) is 30.7 Å². The summed E-state index contributed by atoms with van der Waals surface area (Å²) in [4.78, 5) is 25.6. The Balaban J connectivity index is 1.97. The van der Waals surface area contributed by atoms with E-state index in [2.05, 4.69) is 5.32 Å². The molecule has 154 valence electrons. The number of alkyl halides is 3. The van der Waals surface area contributed by atoms with Crippen molar-refractivity contribution in [3.63, 3.8) is 0 Å². The Morgan fingerprint density at radius 3 is 2.43 bits per heavy atom. The van der Waals surface area contributed by atoms with Crippen molar-refractivity contribution in [3.05, 3.63) is 40.4 Å². The molecule has 0 aromatic heterocycles. The average molecular weight is 439 g/mol. The van der Waals surface area contributed by atoms with Crippen LogP contribution >= 0.6 is 11.6 Å². The molecular weight excluding hydrogens is 421 g/mol. The first kappa shape index (κ1) is 22.2. The van der Waals surface area contributed by atoms with Gasteiger partial charge in [-0.25, -0.2) is 8.42 Å². The molecule has 1 N–H and O–H groups in total. The summed E-state index contributed by atoms with van der Waals surface area (Å²) in [7, 11) is -3.14. The van der Waals surface area contributed by atoms with Crippen LogP contribution in [0.3, 0.4) is 0 Å². The molecular formula is C17H18ClF3N2O4S. The maximum atomic E-state index is 12.8. The number of benzene rings is 1. The zero-order chi connectivity index (χ0) is 21.1. The standard InChI is InChI=1S/C17H18ClF3N2O4S/c1-11(16(25)23-6-8-28(26,27)9-7-23)22-15(24)5-3-12-2-4-14(18)13(10-12)17(19,20)21/h2-5,10-11H,6-9H2,1H3,(H,22,24). The molecule has 1 aliphatic rings. The van der Waals surface area contributed by atoms with Gasteiger partial charge in [0.05, 0.1) is 22.1 Å². The third kappa shape index (κ3) is 5.96. The van der Waals surface area contributed by atoms with E-state index in [1.807, 2.05) is 0 Å². The first-order valence-electron chi connectivity index (χ1n) is 8.23. The number of carbonyl (C=O) groups excluding carboxylic acids is 2. The summed E-state index contributed by atoms with van der Waals surface area (Å²) in [5.74, 6) is -1.36. The monoisotopic (exact) mass is 438 g/mol. The van der Waals surface area contributed by atoms with E-state index in [1.165, 1.54) is 24.0 Å². The summed E-state index contributed by atoms with van der Waals surface area (Å²) in [6.07, 6.45) is -2.44. The van der Waals surface area contributed by atoms with Crippen LogP contribution in [0, 0.1) is 0 Å². The molecule has 0 spiro atoms. The molecule has 1 aromatic carbocycles. The SMILES string of the molecule is CC(NC(=O)C=Cc1ccc(Cl)c(C(F)(F)F)c1)C(=O)N1CCS(=O)(=O)CC1. The second-order valence-electron chi connectivity index (χ2n) is 6.28. The molecule has 28 heavy (non-hydrogen) atoms. The molecule has 1 atom stereocenters. The van der Waals surface area contributed by atoms with Gasteiger partial charge in [-0.1, -0.05) is 17.7 Å². The normalized spacial score (nSPS) is 18.1. The molecule has 1 aromatic rings. The van der Waals surface area contributed by atoms with Crippen molar-refractivity contribution < 1.29 is 31.2 Å². The number of nitrogens with one attached hydrogen (secondary N) is 1. The largest absolute Gasteiger partial charge is 0.417 e. The highest BCUT2D eigenvalue weighted by molar-refractivity contribution is 7.91. The Bertz CT molecular complexity index is 886. The fourth-order valence-electron chi connectivity index (χ4n) is 2.57. The van der Waals surface area contributed by atoms with Crippen molar-refractivity contribution in [1.29, 1.82) is 0 Å². The van der Waals surface area contributed by atoms with E-state index in [1.54, 1.807) is 0 Å². The molecule has 1 fully saturated rings. The molecule has 1 aliphatic heterocycles. The first-order chi connectivity index (χ1) is 12.9. The minimum atomic E-state index is -4.62. The van der Waals surface area contributed by atoms with Crippen LogP contribution in [0.15, 0.2) is 24.3 Å². The fourth-order valence-corrected chi connectivity index (χ4v) is 3.99. The van der Waals surface area contributed by atoms with E-state index in [-0.39, 0.29) is 30.2 Å². The molecule has 0 radical (unpaired) electrons. The lowest BCUT2D eigenvalue weighted by molar-refractivity contribution is -0.137. The summed E-state index contributed by atoms with van der Waals surface area (Å²) in [6.45, 7) is 1.56. The van der Waals surface area contributed by atoms with Crippen molar-refractivity contribution in [2.75, 3.05) is 24.6 Å². The van der Waals surface area contributed by atoms with E-state index < -0.39 is 44.5 Å². The van der Waals surface area contributed by atoms with Gasteiger partial charge in [0.15, 0.2) is 9.84 Å². The van der Waals surface area contributed by atoms with Crippen LogP contribution < -0.4 is 5.32 Å². The second-order valence-corrected chi connectivity index (χ2v) is 8.99. The average Bonchev–Trinajstić information content (AvgIpc) is 2.59. The van der Waals surface area contributed by atoms with Crippen molar-refractivity contribution >= 4 is 39.3 Å². The van der Waals surface area contributed by atoms with Gasteiger partial charge in [-0.15, -0.1) is 0 Å². The van der Waals surface area contributed by atoms with Crippen LogP contribution in [0.2, 0.25) is 5.02 Å². The summed E-state index contributed by atoms with van der Waals surface area (Å²) in [5.41, 5.74) is -0.896. The van der Waals surface area contributed by atoms with E-state index in [0.717, 1.165) is 18.2 Å². The molecule has 1 heterocycles. The van der Waals surface area contributed by atoms with E-state index in [0.29, 0.717) is 0 Å². The molecule has 2 rings (SSSR count). The van der Waals surface area contributed by atoms with Gasteiger partial charge in [0.25, 0.3) is 0 Å². The molecule has 11 heteroatoms. The Kier molecular flexibility index (Phi) is 6.76. The maximum Gasteiger partial charge on any atom is 0.417 e. The Hall–Kier alpha value is -2.07. The molecule has 0 bridgehead atoms. The topological polar surface area (TPSA) is 83.6 Å². The highest BCUT2D eigenvalue weighted by atomic mass is 35.5. The molecule has 6 nitrogen and oxygen atoms in total. The van der Waals surface area contributed by atoms with Gasteiger partial charge in [0.2, 0.25) is 11.8 Å². The minimum absolute atomic E-state index is 0.0577. The van der Waals surface area contributed by atoms with Crippen LogP contribution in [-0.2, 0) is 25.6 Å². The molecule has 0 aliphatic carbocycles. The lowest BCUT2D eigenvalue weighted by atomic mass is 10.1. The number of rotatable bonds is 4. The van der Waals surface area contributed by atoms with Crippen molar-refractivity contribution in [2.45, 2.75) is 19.1 Å². The molecule has 1 saturated heterocycles. The van der Waals surface area contributed by atoms with Crippen LogP contribution in [0.5, 0.6) is 0 Å². The van der Waals surface area contributed by atoms with Crippen LogP contribution in [0.4, 0.5) is 13.2 Å². The van der Waals surface area contributed by atoms with Crippen LogP contribution in [-0.4, -0.2) is 55.8 Å². The number of sulfone groups is 1. The summed E-state index contributed by atoms with van der Waals surface area (Å²) < 4.78 is 61.3. The van der Waals surface area contributed by atoms with Crippen LogP contribution in [0.1, 0.15) is 18.1 Å². The number of carbonyl (C=O) groups is 2. The fraction of sp³-hybridized carbons (Fsp3) is 0.412. The molecule has 1 unspecified atom stereocenters. The number of nitrogens with zero attached hydrogens (tertiary/aromatic N) is 1. The Labute approximate surface area is 165 Å². The van der Waals surface area contributed by atoms with Crippen molar-refractivity contribution in [1.82, 2.24) is 10.2 Å². The van der Waals surface area contributed by atoms with Gasteiger partial charge in [-0.3, -0.25) is 9.59 Å². The lowest BCUT2D eigenvalue weighted by Gasteiger charge is -2.29. The third-order valence-corrected chi connectivity index (χ3v) is 6.05. The Morgan fingerprint density at radius 2 is 1.86 bits per heavy atom. The van der Waals surface area contributed by atoms with E-state index in [4.69, 9.17) is 11.6 Å². The predicted molar refractivity (Wildman–Crippen MR) is 98.3 cm³/mol. The van der Waals surface area contributed by atoms with Gasteiger partial charge in [-0.2, -0.15) is 13.2 Å². The van der Waals surface area contributed by atoms with Crippen molar-refractivity contribution in [2.24, 2.45) is 0 Å². The van der Waals surface area contributed by atoms with Crippen molar-refractivity contribution in [3.8, 4) is 0 Å². The second kappa shape index (κ2) is 8.52. The van der Waals surface area contributed by atoms with Crippen LogP contribution in [0.25, 0.3) is 6.08 Å². The minimum Gasteiger partial charge on any atom is -0.341 e. The van der Waals surface area contributed by atoms with Gasteiger partial charge in [0, 0.05) is 19.2 Å². The molecule has 0 saturated carbocycles. The quantitative estimate of drug-likeness (QED) is 0.730. The third-order valence-electron chi connectivity index (χ3n) is 4.11. The predicted octanol–water partition coefficient (Wildman–Crippen LogP) is 2.13. The lowest BCUT2D eigenvalue weighted by Crippen LogP contribution is -2.51. The zero-order valence-corrected chi connectivity index (χ0v) is 16.4. The summed E-state index contributed by atoms with van der Waals surface area (Å²) >= 11 is 5.54. The molecule has 2 amide bonds. The first-order valence-corrected chi connectivity index (χ1v) is 10.4. The summed E-state index contributed by atoms with van der Waals surface area (Å²) in [5, 5.41) is 1.96. The Morgan fingerprint density at radius 1 is 1.25 bits per heavy atom. The zero-order valence-electron chi connectivity index (χ0n) is 14.8. The highest BCUT2D eigenvalue weighted by Gasteiger charge is 2.33. The van der Waals surface area contributed by atoms with Gasteiger partial charge < -0.3 is 10.2 Å². The van der Waals surface area contributed by atoms with Gasteiger partial charge in [0.1, 0.15) is 6.04 Å².